The molecule has 3 rings (SSSR count). The Bertz CT molecular complexity index is 742. The van der Waals surface area contributed by atoms with Crippen LogP contribution in [0.2, 0.25) is 0 Å². The molecule has 0 aliphatic carbocycles. The number of hydrogen-bond acceptors (Lipinski definition) is 4. The van der Waals surface area contributed by atoms with Crippen molar-refractivity contribution in [2.75, 3.05) is 31.5 Å². The van der Waals surface area contributed by atoms with Gasteiger partial charge < -0.3 is 5.32 Å². The number of piperidine rings is 1. The van der Waals surface area contributed by atoms with Crippen LogP contribution in [0.3, 0.4) is 0 Å². The molecule has 1 aliphatic heterocycles. The maximum atomic E-state index is 13.0. The molecule has 142 valence electrons. The summed E-state index contributed by atoms with van der Waals surface area (Å²) in [7, 11) is 0. The van der Waals surface area contributed by atoms with E-state index in [4.69, 9.17) is 0 Å². The van der Waals surface area contributed by atoms with Crippen LogP contribution in [-0.4, -0.2) is 47.2 Å². The molecule has 1 aromatic carbocycles. The Kier molecular flexibility index (Phi) is 5.55. The average molecular weight is 374 g/mol. The molecule has 1 fully saturated rings. The standard InChI is InChI=1S/C17H19F5N4/c18-14(19)16-24-13-4-2-1-3-12(13)15(25-16)23-9-11-5-7-26(8-6-11)10-17(20,21)22/h1-4,11,14H,5-10H2,(H,23,24,25). The molecule has 9 heteroatoms. The van der Waals surface area contributed by atoms with Crippen LogP contribution in [0, 0.1) is 5.92 Å². The molecule has 2 heterocycles. The van der Waals surface area contributed by atoms with Gasteiger partial charge in [-0.2, -0.15) is 13.2 Å². The van der Waals surface area contributed by atoms with Crippen LogP contribution in [-0.2, 0) is 0 Å². The monoisotopic (exact) mass is 374 g/mol. The van der Waals surface area contributed by atoms with E-state index in [1.165, 1.54) is 4.90 Å². The van der Waals surface area contributed by atoms with Gasteiger partial charge in [0.15, 0.2) is 5.82 Å². The van der Waals surface area contributed by atoms with E-state index in [-0.39, 0.29) is 5.92 Å². The van der Waals surface area contributed by atoms with Crippen molar-refractivity contribution in [2.24, 2.45) is 5.92 Å². The first-order chi connectivity index (χ1) is 12.3. The summed E-state index contributed by atoms with van der Waals surface area (Å²) in [5, 5.41) is 3.74. The van der Waals surface area contributed by atoms with Gasteiger partial charge in [0.2, 0.25) is 0 Å². The van der Waals surface area contributed by atoms with Crippen molar-refractivity contribution in [1.29, 1.82) is 0 Å². The van der Waals surface area contributed by atoms with Crippen molar-refractivity contribution in [3.63, 3.8) is 0 Å². The van der Waals surface area contributed by atoms with Crippen LogP contribution in [0.15, 0.2) is 24.3 Å². The summed E-state index contributed by atoms with van der Waals surface area (Å²) in [4.78, 5) is 9.17. The Balaban J connectivity index is 1.63. The molecule has 0 bridgehead atoms. The van der Waals surface area contributed by atoms with Gasteiger partial charge in [-0.25, -0.2) is 18.7 Å². The average Bonchev–Trinajstić information content (AvgIpc) is 2.59. The first-order valence-corrected chi connectivity index (χ1v) is 8.39. The van der Waals surface area contributed by atoms with E-state index in [9.17, 15) is 22.0 Å². The van der Waals surface area contributed by atoms with Crippen molar-refractivity contribution < 1.29 is 22.0 Å². The highest BCUT2D eigenvalue weighted by molar-refractivity contribution is 5.88. The van der Waals surface area contributed by atoms with Gasteiger partial charge in [0.1, 0.15) is 5.82 Å². The number of likely N-dealkylation sites (tertiary alicyclic amines) is 1. The van der Waals surface area contributed by atoms with Crippen LogP contribution in [0.1, 0.15) is 25.1 Å². The predicted octanol–water partition coefficient (Wildman–Crippen LogP) is 4.25. The van der Waals surface area contributed by atoms with Gasteiger partial charge in [-0.1, -0.05) is 12.1 Å². The van der Waals surface area contributed by atoms with Gasteiger partial charge in [0, 0.05) is 11.9 Å². The van der Waals surface area contributed by atoms with Crippen molar-refractivity contribution in [2.45, 2.75) is 25.4 Å². The van der Waals surface area contributed by atoms with Gasteiger partial charge >= 0.3 is 6.18 Å². The Morgan fingerprint density at radius 2 is 1.81 bits per heavy atom. The number of para-hydroxylation sites is 1. The third-order valence-corrected chi connectivity index (χ3v) is 4.48. The van der Waals surface area contributed by atoms with Crippen LogP contribution < -0.4 is 5.32 Å². The van der Waals surface area contributed by atoms with Gasteiger partial charge in [-0.05, 0) is 44.0 Å². The minimum absolute atomic E-state index is 0.170. The fourth-order valence-electron chi connectivity index (χ4n) is 3.17. The van der Waals surface area contributed by atoms with Crippen molar-refractivity contribution in [3.8, 4) is 0 Å². The predicted molar refractivity (Wildman–Crippen MR) is 88.2 cm³/mol. The fraction of sp³-hybridized carbons (Fsp3) is 0.529. The zero-order chi connectivity index (χ0) is 18.7. The SMILES string of the molecule is FC(F)c1nc(NCC2CCN(CC(F)(F)F)CC2)c2ccccc2n1. The smallest absolute Gasteiger partial charge is 0.369 e. The molecule has 0 unspecified atom stereocenters. The van der Waals surface area contributed by atoms with Crippen LogP contribution in [0.5, 0.6) is 0 Å². The molecule has 1 saturated heterocycles. The second-order valence-corrected chi connectivity index (χ2v) is 6.46. The molecule has 0 spiro atoms. The summed E-state index contributed by atoms with van der Waals surface area (Å²) in [6, 6.07) is 6.88. The van der Waals surface area contributed by atoms with Gasteiger partial charge in [0.25, 0.3) is 6.43 Å². The van der Waals surface area contributed by atoms with Gasteiger partial charge in [0.05, 0.1) is 12.1 Å². The maximum Gasteiger partial charge on any atom is 0.401 e. The number of aromatic nitrogens is 2. The van der Waals surface area contributed by atoms with E-state index < -0.39 is 25.0 Å². The van der Waals surface area contributed by atoms with E-state index >= 15 is 0 Å². The number of benzene rings is 1. The Morgan fingerprint density at radius 3 is 2.46 bits per heavy atom. The van der Waals surface area contributed by atoms with E-state index in [2.05, 4.69) is 15.3 Å². The molecule has 0 atom stereocenters. The number of nitrogens with zero attached hydrogens (tertiary/aromatic N) is 3. The number of alkyl halides is 5. The minimum Gasteiger partial charge on any atom is -0.369 e. The van der Waals surface area contributed by atoms with Crippen molar-refractivity contribution in [1.82, 2.24) is 14.9 Å². The van der Waals surface area contributed by atoms with E-state index in [0.717, 1.165) is 0 Å². The van der Waals surface area contributed by atoms with Gasteiger partial charge in [-0.15, -0.1) is 0 Å². The minimum atomic E-state index is -4.18. The largest absolute Gasteiger partial charge is 0.401 e. The zero-order valence-corrected chi connectivity index (χ0v) is 13.9. The Hall–Kier alpha value is -2.03. The zero-order valence-electron chi connectivity index (χ0n) is 13.9. The second kappa shape index (κ2) is 7.69. The number of nitrogens with one attached hydrogen (secondary N) is 1. The lowest BCUT2D eigenvalue weighted by atomic mass is 9.96. The van der Waals surface area contributed by atoms with E-state index in [1.807, 2.05) is 0 Å². The molecule has 2 aromatic rings. The van der Waals surface area contributed by atoms with E-state index in [0.29, 0.717) is 49.2 Å². The molecule has 26 heavy (non-hydrogen) atoms. The highest BCUT2D eigenvalue weighted by Crippen LogP contribution is 2.26. The fourth-order valence-corrected chi connectivity index (χ4v) is 3.17. The summed E-state index contributed by atoms with van der Waals surface area (Å²) in [6.07, 6.45) is -5.72. The summed E-state index contributed by atoms with van der Waals surface area (Å²) in [6.45, 7) is 0.336. The summed E-state index contributed by atoms with van der Waals surface area (Å²) in [5.74, 6) is -0.0296. The normalized spacial score (nSPS) is 17.2. The van der Waals surface area contributed by atoms with Crippen molar-refractivity contribution >= 4 is 16.7 Å². The quantitative estimate of drug-likeness (QED) is 0.795. The lowest BCUT2D eigenvalue weighted by Gasteiger charge is -2.32. The van der Waals surface area contributed by atoms with E-state index in [1.54, 1.807) is 24.3 Å². The van der Waals surface area contributed by atoms with Crippen LogP contribution in [0.4, 0.5) is 27.8 Å². The molecule has 1 N–H and O–H groups in total. The molecule has 0 radical (unpaired) electrons. The Labute approximate surface area is 147 Å². The number of fused-ring (bicyclic) bond motifs is 1. The molecule has 0 amide bonds. The number of rotatable bonds is 5. The number of halogens is 5. The third-order valence-electron chi connectivity index (χ3n) is 4.48. The molecule has 0 saturated carbocycles. The lowest BCUT2D eigenvalue weighted by molar-refractivity contribution is -0.148. The Morgan fingerprint density at radius 1 is 1.12 bits per heavy atom. The maximum absolute atomic E-state index is 13.0. The molecule has 1 aliphatic rings. The molecular formula is C17H19F5N4. The topological polar surface area (TPSA) is 41.1 Å². The highest BCUT2D eigenvalue weighted by Gasteiger charge is 2.32. The summed E-state index contributed by atoms with van der Waals surface area (Å²) < 4.78 is 63.3. The molecular weight excluding hydrogens is 355 g/mol. The first-order valence-electron chi connectivity index (χ1n) is 8.39. The number of hydrogen-bond donors (Lipinski definition) is 1. The van der Waals surface area contributed by atoms with Crippen LogP contribution in [0.25, 0.3) is 10.9 Å². The summed E-state index contributed by atoms with van der Waals surface area (Å²) >= 11 is 0. The lowest BCUT2D eigenvalue weighted by Crippen LogP contribution is -2.41. The third kappa shape index (κ3) is 4.78. The number of anilines is 1. The molecule has 1 aromatic heterocycles. The van der Waals surface area contributed by atoms with Crippen molar-refractivity contribution in [3.05, 3.63) is 30.1 Å². The highest BCUT2D eigenvalue weighted by atomic mass is 19.4. The van der Waals surface area contributed by atoms with Gasteiger partial charge in [-0.3, -0.25) is 4.90 Å². The summed E-state index contributed by atoms with van der Waals surface area (Å²) in [5.41, 5.74) is 0.431. The second-order valence-electron chi connectivity index (χ2n) is 6.46. The first kappa shape index (κ1) is 18.8. The molecule has 4 nitrogen and oxygen atoms in total. The van der Waals surface area contributed by atoms with Crippen LogP contribution >= 0.6 is 0 Å².